The van der Waals surface area contributed by atoms with Crippen molar-refractivity contribution in [2.75, 3.05) is 19.7 Å². The van der Waals surface area contributed by atoms with E-state index in [1.807, 2.05) is 12.1 Å². The zero-order valence-corrected chi connectivity index (χ0v) is 16.7. The third kappa shape index (κ3) is 5.49. The van der Waals surface area contributed by atoms with Crippen molar-refractivity contribution >= 4 is 23.5 Å². The second-order valence-corrected chi connectivity index (χ2v) is 7.51. The maximum absolute atomic E-state index is 12.5. The van der Waals surface area contributed by atoms with E-state index in [-0.39, 0.29) is 12.5 Å². The average Bonchev–Trinajstić information content (AvgIpc) is 2.71. The SMILES string of the molecule is C[C@@H]1CCCN(C(=O)COC(=O)c2ccccc2OCc2ccc(Cl)cc2)C1. The van der Waals surface area contributed by atoms with Crippen LogP contribution in [-0.2, 0) is 16.1 Å². The number of hydrogen-bond acceptors (Lipinski definition) is 4. The van der Waals surface area contributed by atoms with Gasteiger partial charge in [0.2, 0.25) is 0 Å². The van der Waals surface area contributed by atoms with Gasteiger partial charge in [0.25, 0.3) is 5.91 Å². The number of esters is 1. The van der Waals surface area contributed by atoms with E-state index in [1.54, 1.807) is 41.3 Å². The lowest BCUT2D eigenvalue weighted by Crippen LogP contribution is -2.41. The Morgan fingerprint density at radius 1 is 1.14 bits per heavy atom. The zero-order valence-electron chi connectivity index (χ0n) is 15.9. The molecule has 1 saturated heterocycles. The Labute approximate surface area is 170 Å². The van der Waals surface area contributed by atoms with Crippen molar-refractivity contribution in [2.24, 2.45) is 5.92 Å². The van der Waals surface area contributed by atoms with Crippen molar-refractivity contribution < 1.29 is 19.1 Å². The molecular weight excluding hydrogens is 378 g/mol. The topological polar surface area (TPSA) is 55.8 Å². The number of rotatable bonds is 6. The van der Waals surface area contributed by atoms with Crippen molar-refractivity contribution in [1.82, 2.24) is 4.90 Å². The van der Waals surface area contributed by atoms with E-state index < -0.39 is 5.97 Å². The first-order valence-electron chi connectivity index (χ1n) is 9.44. The van der Waals surface area contributed by atoms with Crippen LogP contribution in [0.15, 0.2) is 48.5 Å². The average molecular weight is 402 g/mol. The number of hydrogen-bond donors (Lipinski definition) is 0. The summed E-state index contributed by atoms with van der Waals surface area (Å²) in [6.45, 7) is 3.61. The molecule has 1 aliphatic rings. The Hall–Kier alpha value is -2.53. The number of nitrogens with zero attached hydrogens (tertiary/aromatic N) is 1. The minimum Gasteiger partial charge on any atom is -0.488 e. The van der Waals surface area contributed by atoms with Gasteiger partial charge in [-0.2, -0.15) is 0 Å². The third-order valence-electron chi connectivity index (χ3n) is 4.75. The van der Waals surface area contributed by atoms with Crippen molar-refractivity contribution in [3.8, 4) is 5.75 Å². The molecule has 0 saturated carbocycles. The first-order valence-corrected chi connectivity index (χ1v) is 9.82. The van der Waals surface area contributed by atoms with Crippen LogP contribution in [0.4, 0.5) is 0 Å². The summed E-state index contributed by atoms with van der Waals surface area (Å²) < 4.78 is 11.0. The molecule has 5 nitrogen and oxygen atoms in total. The largest absolute Gasteiger partial charge is 0.488 e. The first-order chi connectivity index (χ1) is 13.5. The first kappa shape index (κ1) is 20.2. The summed E-state index contributed by atoms with van der Waals surface area (Å²) in [6.07, 6.45) is 2.12. The summed E-state index contributed by atoms with van der Waals surface area (Å²) in [4.78, 5) is 26.6. The van der Waals surface area contributed by atoms with E-state index in [9.17, 15) is 9.59 Å². The van der Waals surface area contributed by atoms with Crippen LogP contribution >= 0.6 is 11.6 Å². The molecule has 1 amide bonds. The van der Waals surface area contributed by atoms with Gasteiger partial charge in [-0.25, -0.2) is 4.79 Å². The highest BCUT2D eigenvalue weighted by molar-refractivity contribution is 6.30. The monoisotopic (exact) mass is 401 g/mol. The van der Waals surface area contributed by atoms with Crippen LogP contribution in [-0.4, -0.2) is 36.5 Å². The highest BCUT2D eigenvalue weighted by Crippen LogP contribution is 2.21. The summed E-state index contributed by atoms with van der Waals surface area (Å²) in [5.41, 5.74) is 1.23. The minimum absolute atomic E-state index is 0.153. The number of para-hydroxylation sites is 1. The molecule has 2 aromatic carbocycles. The molecule has 0 unspecified atom stereocenters. The Kier molecular flexibility index (Phi) is 6.93. The van der Waals surface area contributed by atoms with Gasteiger partial charge in [-0.3, -0.25) is 4.79 Å². The van der Waals surface area contributed by atoms with Crippen LogP contribution in [0.2, 0.25) is 5.02 Å². The van der Waals surface area contributed by atoms with Crippen LogP contribution in [0.3, 0.4) is 0 Å². The fourth-order valence-electron chi connectivity index (χ4n) is 3.22. The number of carbonyl (C=O) groups is 2. The minimum atomic E-state index is -0.565. The van der Waals surface area contributed by atoms with E-state index in [0.717, 1.165) is 31.5 Å². The maximum Gasteiger partial charge on any atom is 0.342 e. The molecule has 1 fully saturated rings. The smallest absolute Gasteiger partial charge is 0.342 e. The van der Waals surface area contributed by atoms with Gasteiger partial charge in [-0.05, 0) is 48.6 Å². The van der Waals surface area contributed by atoms with Crippen LogP contribution < -0.4 is 4.74 Å². The number of ether oxygens (including phenoxy) is 2. The van der Waals surface area contributed by atoms with E-state index in [2.05, 4.69) is 6.92 Å². The standard InChI is InChI=1S/C22H24ClNO4/c1-16-5-4-12-24(13-16)21(25)15-28-22(26)19-6-2-3-7-20(19)27-14-17-8-10-18(23)11-9-17/h2-3,6-11,16H,4-5,12-15H2,1H3/t16-/m1/s1. The van der Waals surface area contributed by atoms with E-state index in [4.69, 9.17) is 21.1 Å². The lowest BCUT2D eigenvalue weighted by atomic mass is 10.0. The second-order valence-electron chi connectivity index (χ2n) is 7.07. The van der Waals surface area contributed by atoms with Gasteiger partial charge in [0.05, 0.1) is 0 Å². The molecule has 0 N–H and O–H groups in total. The van der Waals surface area contributed by atoms with Crippen LogP contribution in [0.1, 0.15) is 35.7 Å². The summed E-state index contributed by atoms with van der Waals surface area (Å²) >= 11 is 5.89. The van der Waals surface area contributed by atoms with E-state index in [0.29, 0.717) is 28.9 Å². The number of piperidine rings is 1. The highest BCUT2D eigenvalue weighted by Gasteiger charge is 2.22. The van der Waals surface area contributed by atoms with Crippen LogP contribution in [0.25, 0.3) is 0 Å². The second kappa shape index (κ2) is 9.60. The Morgan fingerprint density at radius 2 is 1.89 bits per heavy atom. The normalized spacial score (nSPS) is 16.5. The molecule has 148 valence electrons. The van der Waals surface area contributed by atoms with Gasteiger partial charge in [0, 0.05) is 18.1 Å². The van der Waals surface area contributed by atoms with Crippen molar-refractivity contribution in [3.63, 3.8) is 0 Å². The molecule has 0 radical (unpaired) electrons. The van der Waals surface area contributed by atoms with Gasteiger partial charge in [0.15, 0.2) is 6.61 Å². The van der Waals surface area contributed by atoms with Gasteiger partial charge in [-0.15, -0.1) is 0 Å². The number of carbonyl (C=O) groups excluding carboxylic acids is 2. The zero-order chi connectivity index (χ0) is 19.9. The molecule has 28 heavy (non-hydrogen) atoms. The molecule has 0 aromatic heterocycles. The number of halogens is 1. The van der Waals surface area contributed by atoms with E-state index >= 15 is 0 Å². The molecular formula is C22H24ClNO4. The Bertz CT molecular complexity index is 822. The fourth-order valence-corrected chi connectivity index (χ4v) is 3.34. The molecule has 2 aromatic rings. The Balaban J connectivity index is 1.57. The van der Waals surface area contributed by atoms with Crippen LogP contribution in [0.5, 0.6) is 5.75 Å². The lowest BCUT2D eigenvalue weighted by Gasteiger charge is -2.30. The molecule has 1 aliphatic heterocycles. The van der Waals surface area contributed by atoms with Crippen molar-refractivity contribution in [2.45, 2.75) is 26.4 Å². The number of benzene rings is 2. The molecule has 0 bridgehead atoms. The van der Waals surface area contributed by atoms with E-state index in [1.165, 1.54) is 0 Å². The molecule has 1 heterocycles. The summed E-state index contributed by atoms with van der Waals surface area (Å²) in [5, 5.41) is 0.653. The van der Waals surface area contributed by atoms with Crippen molar-refractivity contribution in [3.05, 3.63) is 64.7 Å². The maximum atomic E-state index is 12.5. The molecule has 1 atom stereocenters. The number of amides is 1. The molecule has 3 rings (SSSR count). The summed E-state index contributed by atoms with van der Waals surface area (Å²) in [5.74, 6) is 0.182. The number of likely N-dealkylation sites (tertiary alicyclic amines) is 1. The van der Waals surface area contributed by atoms with Gasteiger partial charge in [-0.1, -0.05) is 42.8 Å². The highest BCUT2D eigenvalue weighted by atomic mass is 35.5. The predicted octanol–water partition coefficient (Wildman–Crippen LogP) is 4.33. The van der Waals surface area contributed by atoms with Gasteiger partial charge in [0.1, 0.15) is 17.9 Å². The fraction of sp³-hybridized carbons (Fsp3) is 0.364. The lowest BCUT2D eigenvalue weighted by molar-refractivity contribution is -0.136. The quantitative estimate of drug-likeness (QED) is 0.676. The molecule has 6 heteroatoms. The van der Waals surface area contributed by atoms with Crippen molar-refractivity contribution in [1.29, 1.82) is 0 Å². The molecule has 0 spiro atoms. The summed E-state index contributed by atoms with van der Waals surface area (Å²) in [6, 6.07) is 14.2. The predicted molar refractivity (Wildman–Crippen MR) is 107 cm³/mol. The van der Waals surface area contributed by atoms with Gasteiger partial charge >= 0.3 is 5.97 Å². The molecule has 0 aliphatic carbocycles. The van der Waals surface area contributed by atoms with Gasteiger partial charge < -0.3 is 14.4 Å². The Morgan fingerprint density at radius 3 is 2.64 bits per heavy atom. The third-order valence-corrected chi connectivity index (χ3v) is 5.00. The van der Waals surface area contributed by atoms with Crippen LogP contribution in [0, 0.1) is 5.92 Å². The summed E-state index contributed by atoms with van der Waals surface area (Å²) in [7, 11) is 0.